The first-order valence-corrected chi connectivity index (χ1v) is 8.31. The van der Waals surface area contributed by atoms with Crippen molar-refractivity contribution in [2.45, 2.75) is 32.1 Å². The monoisotopic (exact) mass is 308 g/mol. The number of para-hydroxylation sites is 1. The molecule has 7 heteroatoms. The van der Waals surface area contributed by atoms with E-state index in [2.05, 4.69) is 20.2 Å². The van der Waals surface area contributed by atoms with Crippen LogP contribution in [0.25, 0.3) is 0 Å². The summed E-state index contributed by atoms with van der Waals surface area (Å²) in [7, 11) is -3.66. The third-order valence-electron chi connectivity index (χ3n) is 3.11. The van der Waals surface area contributed by atoms with E-state index in [9.17, 15) is 8.42 Å². The Morgan fingerprint density at radius 3 is 2.57 bits per heavy atom. The molecule has 21 heavy (non-hydrogen) atoms. The van der Waals surface area contributed by atoms with Crippen LogP contribution in [-0.4, -0.2) is 25.2 Å². The number of aryl methyl sites for hydroxylation is 2. The molecular weight excluding hydrogens is 288 g/mol. The third-order valence-corrected chi connectivity index (χ3v) is 4.51. The summed E-state index contributed by atoms with van der Waals surface area (Å²) in [4.78, 5) is 0.235. The molecule has 0 saturated carbocycles. The molecule has 6 nitrogen and oxygen atoms in total. The maximum Gasteiger partial charge on any atom is 0.264 e. The molecule has 2 rings (SSSR count). The molecule has 0 spiro atoms. The lowest BCUT2D eigenvalue weighted by atomic mass is 10.3. The lowest BCUT2D eigenvalue weighted by molar-refractivity contribution is 0.601. The van der Waals surface area contributed by atoms with E-state index in [1.807, 2.05) is 13.0 Å². The number of nitrogens with one attached hydrogen (secondary N) is 3. The number of aromatic amines is 1. The molecule has 3 N–H and O–H groups in total. The number of aromatic nitrogens is 2. The van der Waals surface area contributed by atoms with Gasteiger partial charge in [0.1, 0.15) is 4.90 Å². The van der Waals surface area contributed by atoms with Crippen LogP contribution in [0.2, 0.25) is 0 Å². The minimum Gasteiger partial charge on any atom is -0.384 e. The Bertz CT molecular complexity index is 703. The first kappa shape index (κ1) is 15.4. The molecule has 1 aromatic carbocycles. The molecule has 1 heterocycles. The Morgan fingerprint density at radius 2 is 1.95 bits per heavy atom. The summed E-state index contributed by atoms with van der Waals surface area (Å²) in [5, 5.41) is 9.90. The van der Waals surface area contributed by atoms with Crippen LogP contribution in [0.4, 0.5) is 11.4 Å². The summed E-state index contributed by atoms with van der Waals surface area (Å²) in [6.45, 7) is 6.28. The summed E-state index contributed by atoms with van der Waals surface area (Å²) in [6, 6.07) is 6.87. The molecule has 0 atom stereocenters. The molecule has 0 amide bonds. The van der Waals surface area contributed by atoms with Crippen LogP contribution in [0.5, 0.6) is 0 Å². The molecule has 0 aliphatic carbocycles. The van der Waals surface area contributed by atoms with Crippen LogP contribution in [0, 0.1) is 13.8 Å². The van der Waals surface area contributed by atoms with E-state index in [0.29, 0.717) is 22.8 Å². The van der Waals surface area contributed by atoms with Crippen LogP contribution in [0.15, 0.2) is 29.2 Å². The number of hydrogen-bond acceptors (Lipinski definition) is 4. The van der Waals surface area contributed by atoms with Gasteiger partial charge in [0, 0.05) is 6.54 Å². The maximum atomic E-state index is 12.6. The van der Waals surface area contributed by atoms with Gasteiger partial charge in [-0.1, -0.05) is 19.1 Å². The lowest BCUT2D eigenvalue weighted by Crippen LogP contribution is -2.16. The number of sulfonamides is 1. The molecule has 0 fully saturated rings. The molecule has 0 aliphatic rings. The molecule has 2 aromatic rings. The van der Waals surface area contributed by atoms with Crippen LogP contribution in [-0.2, 0) is 10.0 Å². The first-order valence-electron chi connectivity index (χ1n) is 6.83. The topological polar surface area (TPSA) is 86.9 Å². The number of rotatable bonds is 6. The van der Waals surface area contributed by atoms with Crippen molar-refractivity contribution >= 4 is 21.4 Å². The molecule has 1 aromatic heterocycles. The highest BCUT2D eigenvalue weighted by Gasteiger charge is 2.20. The van der Waals surface area contributed by atoms with Gasteiger partial charge < -0.3 is 5.32 Å². The third kappa shape index (κ3) is 3.36. The van der Waals surface area contributed by atoms with Crippen LogP contribution in [0.1, 0.15) is 24.7 Å². The summed E-state index contributed by atoms with van der Waals surface area (Å²) < 4.78 is 27.8. The largest absolute Gasteiger partial charge is 0.384 e. The highest BCUT2D eigenvalue weighted by atomic mass is 32.2. The second kappa shape index (κ2) is 6.17. The van der Waals surface area contributed by atoms with E-state index in [1.165, 1.54) is 0 Å². The highest BCUT2D eigenvalue weighted by molar-refractivity contribution is 7.92. The Kier molecular flexibility index (Phi) is 4.52. The van der Waals surface area contributed by atoms with Gasteiger partial charge in [-0.05, 0) is 32.4 Å². The molecule has 114 valence electrons. The fourth-order valence-electron chi connectivity index (χ4n) is 2.00. The van der Waals surface area contributed by atoms with Crippen molar-refractivity contribution in [1.82, 2.24) is 10.2 Å². The quantitative estimate of drug-likeness (QED) is 0.765. The zero-order valence-electron chi connectivity index (χ0n) is 12.4. The van der Waals surface area contributed by atoms with Crippen molar-refractivity contribution in [3.8, 4) is 0 Å². The SMILES string of the molecule is CCCNc1ccccc1S(=O)(=O)Nc1c(C)n[nH]c1C. The number of hydrogen-bond donors (Lipinski definition) is 3. The lowest BCUT2D eigenvalue weighted by Gasteiger charge is -2.13. The van der Waals surface area contributed by atoms with Gasteiger partial charge >= 0.3 is 0 Å². The number of benzene rings is 1. The summed E-state index contributed by atoms with van der Waals surface area (Å²) >= 11 is 0. The Balaban J connectivity index is 2.36. The van der Waals surface area contributed by atoms with Crippen LogP contribution in [0.3, 0.4) is 0 Å². The number of H-pyrrole nitrogens is 1. The maximum absolute atomic E-state index is 12.6. The predicted molar refractivity (Wildman–Crippen MR) is 84.1 cm³/mol. The standard InChI is InChI=1S/C14H20N4O2S/c1-4-9-15-12-7-5-6-8-13(12)21(19,20)18-14-10(2)16-17-11(14)3/h5-8,15,18H,4,9H2,1-3H3,(H,16,17). The van der Waals surface area contributed by atoms with E-state index >= 15 is 0 Å². The summed E-state index contributed by atoms with van der Waals surface area (Å²) in [6.07, 6.45) is 0.918. The Labute approximate surface area is 125 Å². The van der Waals surface area contributed by atoms with E-state index in [4.69, 9.17) is 0 Å². The van der Waals surface area contributed by atoms with E-state index in [1.54, 1.807) is 32.0 Å². The normalized spacial score (nSPS) is 11.4. The van der Waals surface area contributed by atoms with Crippen LogP contribution >= 0.6 is 0 Å². The minimum absolute atomic E-state index is 0.235. The first-order chi connectivity index (χ1) is 9.95. The van der Waals surface area contributed by atoms with E-state index in [-0.39, 0.29) is 4.90 Å². The minimum atomic E-state index is -3.66. The highest BCUT2D eigenvalue weighted by Crippen LogP contribution is 2.25. The fourth-order valence-corrected chi connectivity index (χ4v) is 3.36. The van der Waals surface area contributed by atoms with Crippen molar-refractivity contribution in [2.75, 3.05) is 16.6 Å². The zero-order chi connectivity index (χ0) is 15.5. The molecule has 0 radical (unpaired) electrons. The van der Waals surface area contributed by atoms with Gasteiger partial charge in [-0.15, -0.1) is 0 Å². The molecular formula is C14H20N4O2S. The van der Waals surface area contributed by atoms with Gasteiger partial charge in [0.2, 0.25) is 0 Å². The van der Waals surface area contributed by atoms with Gasteiger partial charge in [-0.2, -0.15) is 5.10 Å². The fraction of sp³-hybridized carbons (Fsp3) is 0.357. The predicted octanol–water partition coefficient (Wildman–Crippen LogP) is 2.65. The average molecular weight is 308 g/mol. The van der Waals surface area contributed by atoms with Crippen LogP contribution < -0.4 is 10.0 Å². The van der Waals surface area contributed by atoms with Crippen molar-refractivity contribution in [3.63, 3.8) is 0 Å². The second-order valence-electron chi connectivity index (χ2n) is 4.84. The molecule has 0 aliphatic heterocycles. The van der Waals surface area contributed by atoms with Crippen molar-refractivity contribution in [2.24, 2.45) is 0 Å². The summed E-state index contributed by atoms with van der Waals surface area (Å²) in [5.74, 6) is 0. The second-order valence-corrected chi connectivity index (χ2v) is 6.49. The molecule has 0 bridgehead atoms. The smallest absolute Gasteiger partial charge is 0.264 e. The average Bonchev–Trinajstić information content (AvgIpc) is 2.77. The van der Waals surface area contributed by atoms with E-state index < -0.39 is 10.0 Å². The van der Waals surface area contributed by atoms with Crippen molar-refractivity contribution in [3.05, 3.63) is 35.7 Å². The zero-order valence-corrected chi connectivity index (χ0v) is 13.2. The molecule has 0 unspecified atom stereocenters. The Morgan fingerprint density at radius 1 is 1.24 bits per heavy atom. The van der Waals surface area contributed by atoms with Gasteiger partial charge in [-0.3, -0.25) is 9.82 Å². The number of anilines is 2. The summed E-state index contributed by atoms with van der Waals surface area (Å²) in [5.41, 5.74) is 2.41. The number of nitrogens with zero attached hydrogens (tertiary/aromatic N) is 1. The van der Waals surface area contributed by atoms with Gasteiger partial charge in [0.25, 0.3) is 10.0 Å². The molecule has 0 saturated heterocycles. The van der Waals surface area contributed by atoms with Gasteiger partial charge in [-0.25, -0.2) is 8.42 Å². The van der Waals surface area contributed by atoms with E-state index in [0.717, 1.165) is 13.0 Å². The van der Waals surface area contributed by atoms with Crippen molar-refractivity contribution < 1.29 is 8.42 Å². The van der Waals surface area contributed by atoms with Gasteiger partial charge in [0.05, 0.1) is 22.8 Å². The van der Waals surface area contributed by atoms with Gasteiger partial charge in [0.15, 0.2) is 0 Å². The Hall–Kier alpha value is -2.02. The van der Waals surface area contributed by atoms with Crippen molar-refractivity contribution in [1.29, 1.82) is 0 Å².